The molecule has 0 spiro atoms. The summed E-state index contributed by atoms with van der Waals surface area (Å²) in [5.41, 5.74) is 0.889. The van der Waals surface area contributed by atoms with E-state index in [-0.39, 0.29) is 24.5 Å². The molecule has 1 aliphatic heterocycles. The van der Waals surface area contributed by atoms with Crippen LogP contribution in [0.5, 0.6) is 0 Å². The topological polar surface area (TPSA) is 63.0 Å². The summed E-state index contributed by atoms with van der Waals surface area (Å²) < 4.78 is 11.3. The molecule has 3 rings (SSSR count). The van der Waals surface area contributed by atoms with Crippen molar-refractivity contribution >= 4 is 11.8 Å². The van der Waals surface area contributed by atoms with E-state index < -0.39 is 12.1 Å². The summed E-state index contributed by atoms with van der Waals surface area (Å²) in [6, 6.07) is 12.8. The lowest BCUT2D eigenvalue weighted by Crippen LogP contribution is -2.56. The van der Waals surface area contributed by atoms with Gasteiger partial charge in [-0.05, 0) is 38.5 Å². The second kappa shape index (κ2) is 7.96. The molecule has 0 radical (unpaired) electrons. The minimum absolute atomic E-state index is 0.0417. The number of carbonyl (C=O) groups excluding carboxylic acids is 2. The molecule has 0 unspecified atom stereocenters. The Hall–Kier alpha value is -2.60. The van der Waals surface area contributed by atoms with Crippen molar-refractivity contribution in [3.8, 4) is 0 Å². The van der Waals surface area contributed by atoms with E-state index in [2.05, 4.69) is 0 Å². The summed E-state index contributed by atoms with van der Waals surface area (Å²) >= 11 is 0. The molecule has 2 aromatic rings. The van der Waals surface area contributed by atoms with Crippen LogP contribution in [0.25, 0.3) is 0 Å². The third-order valence-electron chi connectivity index (χ3n) is 4.77. The highest BCUT2D eigenvalue weighted by Crippen LogP contribution is 2.33. The van der Waals surface area contributed by atoms with E-state index in [0.29, 0.717) is 12.3 Å². The minimum atomic E-state index is -0.756. The molecule has 6 nitrogen and oxygen atoms in total. The molecule has 1 aliphatic rings. The second-order valence-corrected chi connectivity index (χ2v) is 7.19. The van der Waals surface area contributed by atoms with Crippen molar-refractivity contribution in [3.05, 3.63) is 59.5 Å². The lowest BCUT2D eigenvalue weighted by molar-refractivity contribution is -0.171. The molecule has 0 bridgehead atoms. The first-order valence-electron chi connectivity index (χ1n) is 9.16. The van der Waals surface area contributed by atoms with Crippen LogP contribution >= 0.6 is 0 Å². The van der Waals surface area contributed by atoms with Crippen LogP contribution in [-0.4, -0.2) is 47.4 Å². The van der Waals surface area contributed by atoms with E-state index in [4.69, 9.17) is 9.15 Å². The predicted octanol–water partition coefficient (Wildman–Crippen LogP) is 2.92. The maximum Gasteiger partial charge on any atom is 0.254 e. The van der Waals surface area contributed by atoms with Gasteiger partial charge in [-0.25, -0.2) is 0 Å². The number of hydrogen-bond acceptors (Lipinski definition) is 4. The maximum absolute atomic E-state index is 13.2. The smallest absolute Gasteiger partial charge is 0.254 e. The van der Waals surface area contributed by atoms with Crippen molar-refractivity contribution < 1.29 is 18.7 Å². The molecule has 27 heavy (non-hydrogen) atoms. The fraction of sp³-hybridized carbons (Fsp3) is 0.429. The summed E-state index contributed by atoms with van der Waals surface area (Å²) in [6.07, 6.45) is -0.756. The lowest BCUT2D eigenvalue weighted by Gasteiger charge is -2.43. The zero-order chi connectivity index (χ0) is 19.6. The summed E-state index contributed by atoms with van der Waals surface area (Å²) in [6.45, 7) is 6.04. The lowest BCUT2D eigenvalue weighted by atomic mass is 9.95. The minimum Gasteiger partial charge on any atom is -0.464 e. The number of rotatable bonds is 5. The Morgan fingerprint density at radius 1 is 1.22 bits per heavy atom. The Labute approximate surface area is 159 Å². The molecule has 0 saturated carbocycles. The van der Waals surface area contributed by atoms with Crippen molar-refractivity contribution in [1.29, 1.82) is 0 Å². The molecule has 1 aromatic carbocycles. The zero-order valence-electron chi connectivity index (χ0n) is 16.2. The number of furan rings is 1. The number of likely N-dealkylation sites (N-methyl/N-ethyl adjacent to an activating group) is 1. The SMILES string of the molecule is Cc1ccc(CN(C)C(=O)[C@H]2OCC(=O)N(C(C)C)[C@@H]2c2ccccc2)o1. The van der Waals surface area contributed by atoms with E-state index in [0.717, 1.165) is 11.3 Å². The first kappa shape index (κ1) is 19.2. The van der Waals surface area contributed by atoms with Crippen LogP contribution in [0.15, 0.2) is 46.9 Å². The van der Waals surface area contributed by atoms with E-state index >= 15 is 0 Å². The maximum atomic E-state index is 13.2. The number of carbonyl (C=O) groups is 2. The normalized spacial score (nSPS) is 20.2. The Bertz CT molecular complexity index is 800. The van der Waals surface area contributed by atoms with Gasteiger partial charge in [0.2, 0.25) is 5.91 Å². The monoisotopic (exact) mass is 370 g/mol. The Kier molecular flexibility index (Phi) is 5.65. The summed E-state index contributed by atoms with van der Waals surface area (Å²) in [5.74, 6) is 1.24. The van der Waals surface area contributed by atoms with E-state index in [9.17, 15) is 9.59 Å². The molecular weight excluding hydrogens is 344 g/mol. The number of benzene rings is 1. The van der Waals surface area contributed by atoms with Gasteiger partial charge in [-0.15, -0.1) is 0 Å². The fourth-order valence-electron chi connectivity index (χ4n) is 3.53. The van der Waals surface area contributed by atoms with Crippen LogP contribution in [0.1, 0.15) is 37.0 Å². The summed E-state index contributed by atoms with van der Waals surface area (Å²) in [4.78, 5) is 29.0. The van der Waals surface area contributed by atoms with Gasteiger partial charge in [0.25, 0.3) is 5.91 Å². The summed E-state index contributed by atoms with van der Waals surface area (Å²) in [7, 11) is 1.72. The van der Waals surface area contributed by atoms with Crippen LogP contribution in [0.4, 0.5) is 0 Å². The third-order valence-corrected chi connectivity index (χ3v) is 4.77. The van der Waals surface area contributed by atoms with Crippen LogP contribution in [0.2, 0.25) is 0 Å². The van der Waals surface area contributed by atoms with Crippen molar-refractivity contribution in [3.63, 3.8) is 0 Å². The van der Waals surface area contributed by atoms with Gasteiger partial charge in [0.05, 0.1) is 12.6 Å². The number of ether oxygens (including phenoxy) is 1. The van der Waals surface area contributed by atoms with E-state index in [1.165, 1.54) is 0 Å². The molecule has 6 heteroatoms. The van der Waals surface area contributed by atoms with Gasteiger partial charge < -0.3 is 19.0 Å². The van der Waals surface area contributed by atoms with Gasteiger partial charge in [0, 0.05) is 13.1 Å². The quantitative estimate of drug-likeness (QED) is 0.812. The predicted molar refractivity (Wildman–Crippen MR) is 101 cm³/mol. The fourth-order valence-corrected chi connectivity index (χ4v) is 3.53. The molecule has 0 aliphatic carbocycles. The highest BCUT2D eigenvalue weighted by molar-refractivity contribution is 5.86. The molecule has 2 amide bonds. The highest BCUT2D eigenvalue weighted by atomic mass is 16.5. The van der Waals surface area contributed by atoms with Crippen molar-refractivity contribution in [2.75, 3.05) is 13.7 Å². The number of aryl methyl sites for hydroxylation is 1. The van der Waals surface area contributed by atoms with Gasteiger partial charge in [0.1, 0.15) is 18.1 Å². The van der Waals surface area contributed by atoms with Gasteiger partial charge >= 0.3 is 0 Å². The van der Waals surface area contributed by atoms with Crippen LogP contribution in [0, 0.1) is 6.92 Å². The van der Waals surface area contributed by atoms with Crippen LogP contribution in [-0.2, 0) is 20.9 Å². The highest BCUT2D eigenvalue weighted by Gasteiger charge is 2.43. The molecule has 1 fully saturated rings. The van der Waals surface area contributed by atoms with Gasteiger partial charge in [-0.1, -0.05) is 30.3 Å². The first-order valence-corrected chi connectivity index (χ1v) is 9.16. The summed E-state index contributed by atoms with van der Waals surface area (Å²) in [5, 5.41) is 0. The van der Waals surface area contributed by atoms with Gasteiger partial charge in [0.15, 0.2) is 6.10 Å². The number of amides is 2. The average Bonchev–Trinajstić information content (AvgIpc) is 3.05. The van der Waals surface area contributed by atoms with Gasteiger partial charge in [-0.3, -0.25) is 9.59 Å². The molecular formula is C21H26N2O4. The van der Waals surface area contributed by atoms with Gasteiger partial charge in [-0.2, -0.15) is 0 Å². The molecule has 2 heterocycles. The third kappa shape index (κ3) is 4.06. The molecule has 144 valence electrons. The Morgan fingerprint density at radius 2 is 1.93 bits per heavy atom. The number of nitrogens with zero attached hydrogens (tertiary/aromatic N) is 2. The van der Waals surface area contributed by atoms with Crippen molar-refractivity contribution in [2.24, 2.45) is 0 Å². The largest absolute Gasteiger partial charge is 0.464 e. The second-order valence-electron chi connectivity index (χ2n) is 7.19. The Balaban J connectivity index is 1.88. The number of morpholine rings is 1. The average molecular weight is 370 g/mol. The Morgan fingerprint density at radius 3 is 2.52 bits per heavy atom. The standard InChI is InChI=1S/C21H26N2O4/c1-14(2)23-18(24)13-26-20(19(23)16-8-6-5-7-9-16)21(25)22(4)12-17-11-10-15(3)27-17/h5-11,14,19-20H,12-13H2,1-4H3/t19-,20+/m1/s1. The molecule has 2 atom stereocenters. The molecule has 1 saturated heterocycles. The zero-order valence-corrected chi connectivity index (χ0v) is 16.2. The van der Waals surface area contributed by atoms with Crippen molar-refractivity contribution in [2.45, 2.75) is 45.5 Å². The van der Waals surface area contributed by atoms with Crippen molar-refractivity contribution in [1.82, 2.24) is 9.80 Å². The first-order chi connectivity index (χ1) is 12.9. The van der Waals surface area contributed by atoms with Crippen LogP contribution in [0.3, 0.4) is 0 Å². The van der Waals surface area contributed by atoms with E-state index in [1.807, 2.05) is 63.2 Å². The van der Waals surface area contributed by atoms with Crippen LogP contribution < -0.4 is 0 Å². The van der Waals surface area contributed by atoms with E-state index in [1.54, 1.807) is 16.8 Å². The number of hydrogen-bond donors (Lipinski definition) is 0. The molecule has 0 N–H and O–H groups in total. The molecule has 1 aromatic heterocycles.